The van der Waals surface area contributed by atoms with Gasteiger partial charge >= 0.3 is 0 Å². The standard InChI is InChI=1S/C17H26Si/c1-12(2)14-9-7-8-10-15-16(14)11-13(3)17(15)18(4,5)6/h7-12,14,17H,1-6H3. The van der Waals surface area contributed by atoms with Crippen LogP contribution in [0.3, 0.4) is 0 Å². The number of hydrogen-bond donors (Lipinski definition) is 0. The predicted octanol–water partition coefficient (Wildman–Crippen LogP) is 5.35. The predicted molar refractivity (Wildman–Crippen MR) is 84.5 cm³/mol. The minimum atomic E-state index is -1.19. The van der Waals surface area contributed by atoms with Gasteiger partial charge in [0.2, 0.25) is 0 Å². The molecular formula is C17H26Si. The highest BCUT2D eigenvalue weighted by molar-refractivity contribution is 6.79. The monoisotopic (exact) mass is 258 g/mol. The Hall–Kier alpha value is -0.823. The van der Waals surface area contributed by atoms with Crippen molar-refractivity contribution in [2.45, 2.75) is 46.0 Å². The van der Waals surface area contributed by atoms with Crippen LogP contribution in [0.2, 0.25) is 25.2 Å². The van der Waals surface area contributed by atoms with Crippen LogP contribution in [0.5, 0.6) is 0 Å². The van der Waals surface area contributed by atoms with E-state index >= 15 is 0 Å². The van der Waals surface area contributed by atoms with Gasteiger partial charge in [0, 0.05) is 5.92 Å². The summed E-state index contributed by atoms with van der Waals surface area (Å²) in [7, 11) is -1.19. The summed E-state index contributed by atoms with van der Waals surface area (Å²) in [5.41, 5.74) is 5.49. The first kappa shape index (κ1) is 13.6. The third-order valence-electron chi connectivity index (χ3n) is 4.13. The molecule has 0 aromatic carbocycles. The Morgan fingerprint density at radius 2 is 1.72 bits per heavy atom. The average Bonchev–Trinajstić information content (AvgIpc) is 2.41. The maximum absolute atomic E-state index is 2.49. The van der Waals surface area contributed by atoms with Gasteiger partial charge in [0.05, 0.1) is 8.07 Å². The lowest BCUT2D eigenvalue weighted by Gasteiger charge is -2.29. The lowest BCUT2D eigenvalue weighted by Crippen LogP contribution is -2.29. The van der Waals surface area contributed by atoms with Gasteiger partial charge in [-0.3, -0.25) is 0 Å². The molecule has 0 amide bonds. The quantitative estimate of drug-likeness (QED) is 0.586. The van der Waals surface area contributed by atoms with Crippen LogP contribution in [0.25, 0.3) is 0 Å². The molecule has 18 heavy (non-hydrogen) atoms. The molecule has 0 aromatic rings. The molecule has 98 valence electrons. The lowest BCUT2D eigenvalue weighted by atomic mass is 9.87. The van der Waals surface area contributed by atoms with Crippen LogP contribution in [0.15, 0.2) is 47.1 Å². The highest BCUT2D eigenvalue weighted by Crippen LogP contribution is 2.47. The normalized spacial score (nSPS) is 27.6. The van der Waals surface area contributed by atoms with E-state index in [1.165, 1.54) is 0 Å². The molecule has 2 unspecified atom stereocenters. The summed E-state index contributed by atoms with van der Waals surface area (Å²) < 4.78 is 0. The maximum atomic E-state index is 2.49. The summed E-state index contributed by atoms with van der Waals surface area (Å²) in [4.78, 5) is 0. The van der Waals surface area contributed by atoms with E-state index in [4.69, 9.17) is 0 Å². The minimum absolute atomic E-state index is 0.589. The van der Waals surface area contributed by atoms with Crippen molar-refractivity contribution in [3.63, 3.8) is 0 Å². The Morgan fingerprint density at radius 1 is 1.06 bits per heavy atom. The van der Waals surface area contributed by atoms with Crippen molar-refractivity contribution < 1.29 is 0 Å². The minimum Gasteiger partial charge on any atom is -0.0767 e. The third kappa shape index (κ3) is 2.33. The zero-order chi connectivity index (χ0) is 13.5. The van der Waals surface area contributed by atoms with Crippen molar-refractivity contribution in [3.8, 4) is 0 Å². The zero-order valence-electron chi connectivity index (χ0n) is 12.6. The van der Waals surface area contributed by atoms with Crippen LogP contribution in [-0.4, -0.2) is 8.07 Å². The Labute approximate surface area is 113 Å². The average molecular weight is 258 g/mol. The van der Waals surface area contributed by atoms with E-state index in [1.807, 2.05) is 0 Å². The SMILES string of the molecule is CC1=CC2=C(C=CC=CC2C(C)C)C1[Si](C)(C)C. The second-order valence-corrected chi connectivity index (χ2v) is 12.4. The van der Waals surface area contributed by atoms with E-state index < -0.39 is 8.07 Å². The van der Waals surface area contributed by atoms with Crippen LogP contribution in [0.4, 0.5) is 0 Å². The molecule has 2 aliphatic rings. The molecule has 2 aliphatic carbocycles. The van der Waals surface area contributed by atoms with Crippen molar-refractivity contribution in [1.82, 2.24) is 0 Å². The molecule has 0 aliphatic heterocycles. The van der Waals surface area contributed by atoms with Crippen LogP contribution in [0, 0.1) is 11.8 Å². The lowest BCUT2D eigenvalue weighted by molar-refractivity contribution is 0.533. The summed E-state index contributed by atoms with van der Waals surface area (Å²) in [6.07, 6.45) is 11.7. The zero-order valence-corrected chi connectivity index (χ0v) is 13.6. The first-order chi connectivity index (χ1) is 8.32. The van der Waals surface area contributed by atoms with E-state index in [-0.39, 0.29) is 0 Å². The van der Waals surface area contributed by atoms with Crippen LogP contribution < -0.4 is 0 Å². The van der Waals surface area contributed by atoms with Gasteiger partial charge in [0.15, 0.2) is 0 Å². The molecule has 1 heteroatoms. The fraction of sp³-hybridized carbons (Fsp3) is 0.529. The molecule has 2 rings (SSSR count). The second-order valence-electron chi connectivity index (χ2n) is 7.11. The van der Waals surface area contributed by atoms with Gasteiger partial charge in [0.1, 0.15) is 0 Å². The van der Waals surface area contributed by atoms with Gasteiger partial charge < -0.3 is 0 Å². The highest BCUT2D eigenvalue weighted by Gasteiger charge is 2.36. The van der Waals surface area contributed by atoms with Gasteiger partial charge in [-0.1, -0.05) is 69.4 Å². The number of allylic oxidation sites excluding steroid dienone is 8. The Bertz CT molecular complexity index is 452. The largest absolute Gasteiger partial charge is 0.0767 e. The molecule has 0 saturated carbocycles. The molecule has 0 fully saturated rings. The Kier molecular flexibility index (Phi) is 3.55. The van der Waals surface area contributed by atoms with Crippen molar-refractivity contribution >= 4 is 8.07 Å². The fourth-order valence-electron chi connectivity index (χ4n) is 3.48. The Morgan fingerprint density at radius 3 is 2.28 bits per heavy atom. The first-order valence-electron chi connectivity index (χ1n) is 7.09. The van der Waals surface area contributed by atoms with E-state index in [0.29, 0.717) is 17.4 Å². The van der Waals surface area contributed by atoms with Crippen LogP contribution >= 0.6 is 0 Å². The molecule has 0 saturated heterocycles. The van der Waals surface area contributed by atoms with Crippen molar-refractivity contribution in [1.29, 1.82) is 0 Å². The van der Waals surface area contributed by atoms with E-state index in [9.17, 15) is 0 Å². The van der Waals surface area contributed by atoms with Gasteiger partial charge in [-0.25, -0.2) is 0 Å². The third-order valence-corrected chi connectivity index (χ3v) is 6.63. The number of rotatable bonds is 2. The summed E-state index contributed by atoms with van der Waals surface area (Å²) in [6, 6.07) is 0. The van der Waals surface area contributed by atoms with E-state index in [2.05, 4.69) is 70.8 Å². The smallest absolute Gasteiger partial charge is 0.0569 e. The highest BCUT2D eigenvalue weighted by atomic mass is 28.3. The molecule has 0 nitrogen and oxygen atoms in total. The molecule has 0 spiro atoms. The maximum Gasteiger partial charge on any atom is 0.0569 e. The van der Waals surface area contributed by atoms with E-state index in [0.717, 1.165) is 0 Å². The molecule has 0 bridgehead atoms. The summed E-state index contributed by atoms with van der Waals surface area (Å²) in [5.74, 6) is 1.27. The number of hydrogen-bond acceptors (Lipinski definition) is 0. The molecule has 0 aromatic heterocycles. The van der Waals surface area contributed by atoms with Crippen molar-refractivity contribution in [2.75, 3.05) is 0 Å². The van der Waals surface area contributed by atoms with Gasteiger partial charge in [0.25, 0.3) is 0 Å². The molecule has 0 heterocycles. The molecule has 0 radical (unpaired) electrons. The van der Waals surface area contributed by atoms with Crippen LogP contribution in [0.1, 0.15) is 20.8 Å². The van der Waals surface area contributed by atoms with Crippen molar-refractivity contribution in [3.05, 3.63) is 47.1 Å². The topological polar surface area (TPSA) is 0 Å². The van der Waals surface area contributed by atoms with Gasteiger partial charge in [-0.2, -0.15) is 0 Å². The second kappa shape index (κ2) is 4.69. The Balaban J connectivity index is 2.50. The van der Waals surface area contributed by atoms with E-state index in [1.54, 1.807) is 16.7 Å². The van der Waals surface area contributed by atoms with Gasteiger partial charge in [-0.15, -0.1) is 0 Å². The van der Waals surface area contributed by atoms with Crippen LogP contribution in [-0.2, 0) is 0 Å². The molecule has 0 N–H and O–H groups in total. The molecule has 2 atom stereocenters. The summed E-state index contributed by atoms with van der Waals surface area (Å²) >= 11 is 0. The summed E-state index contributed by atoms with van der Waals surface area (Å²) in [5, 5.41) is 0. The fourth-order valence-corrected chi connectivity index (χ4v) is 6.13. The summed E-state index contributed by atoms with van der Waals surface area (Å²) in [6.45, 7) is 14.4. The van der Waals surface area contributed by atoms with Gasteiger partial charge in [-0.05, 0) is 29.5 Å². The molecular weight excluding hydrogens is 232 g/mol. The van der Waals surface area contributed by atoms with Crippen molar-refractivity contribution in [2.24, 2.45) is 11.8 Å². The first-order valence-corrected chi connectivity index (χ1v) is 10.7.